The Morgan fingerprint density at radius 1 is 1.04 bits per heavy atom. The van der Waals surface area contributed by atoms with Crippen LogP contribution in [0.4, 0.5) is 10.1 Å². The van der Waals surface area contributed by atoms with Crippen molar-refractivity contribution in [3.63, 3.8) is 0 Å². The number of piperazine rings is 1. The summed E-state index contributed by atoms with van der Waals surface area (Å²) in [5.41, 5.74) is 2.74. The Kier molecular flexibility index (Phi) is 6.40. The Morgan fingerprint density at radius 2 is 1.64 bits per heavy atom. The van der Waals surface area contributed by atoms with Crippen LogP contribution in [0.1, 0.15) is 57.1 Å². The highest BCUT2D eigenvalue weighted by Crippen LogP contribution is 2.34. The average molecular weight is 407 g/mol. The van der Waals surface area contributed by atoms with Crippen LogP contribution in [0.2, 0.25) is 5.02 Å². The van der Waals surface area contributed by atoms with Crippen molar-refractivity contribution in [2.45, 2.75) is 45.7 Å². The molecule has 2 heterocycles. The lowest BCUT2D eigenvalue weighted by molar-refractivity contribution is -0.116. The molecule has 1 fully saturated rings. The third-order valence-electron chi connectivity index (χ3n) is 5.26. The van der Waals surface area contributed by atoms with E-state index in [0.29, 0.717) is 18.1 Å². The van der Waals surface area contributed by atoms with Crippen molar-refractivity contribution in [1.29, 1.82) is 0 Å². The van der Waals surface area contributed by atoms with Gasteiger partial charge in [0.2, 0.25) is 0 Å². The lowest BCUT2D eigenvalue weighted by Gasteiger charge is -2.39. The summed E-state index contributed by atoms with van der Waals surface area (Å²) in [4.78, 5) is 16.4. The van der Waals surface area contributed by atoms with Crippen molar-refractivity contribution in [3.8, 4) is 0 Å². The monoisotopic (exact) mass is 406 g/mol. The molecule has 0 spiro atoms. The summed E-state index contributed by atoms with van der Waals surface area (Å²) in [6, 6.07) is 6.54. The van der Waals surface area contributed by atoms with E-state index in [1.165, 1.54) is 12.1 Å². The molecule has 0 amide bonds. The Morgan fingerprint density at radius 3 is 2.14 bits per heavy atom. The maximum absolute atomic E-state index is 13.2. The normalized spacial score (nSPS) is 16.8. The molecule has 28 heavy (non-hydrogen) atoms. The van der Waals surface area contributed by atoms with E-state index < -0.39 is 6.17 Å². The molecule has 1 saturated heterocycles. The first-order valence-corrected chi connectivity index (χ1v) is 10.2. The zero-order chi connectivity index (χ0) is 20.4. The summed E-state index contributed by atoms with van der Waals surface area (Å²) < 4.78 is 15.0. The first-order chi connectivity index (χ1) is 13.3. The number of rotatable bonds is 6. The van der Waals surface area contributed by atoms with Gasteiger partial charge in [-0.25, -0.2) is 9.07 Å². The molecule has 1 unspecified atom stereocenters. The van der Waals surface area contributed by atoms with Gasteiger partial charge in [-0.1, -0.05) is 39.3 Å². The Labute approximate surface area is 171 Å². The zero-order valence-electron chi connectivity index (χ0n) is 16.9. The highest BCUT2D eigenvalue weighted by Gasteiger charge is 2.30. The van der Waals surface area contributed by atoms with Crippen LogP contribution in [-0.2, 0) is 4.79 Å². The van der Waals surface area contributed by atoms with Gasteiger partial charge in [0, 0.05) is 31.9 Å². The van der Waals surface area contributed by atoms with E-state index in [4.69, 9.17) is 16.7 Å². The number of nitrogens with zero attached hydrogens (tertiary/aromatic N) is 4. The summed E-state index contributed by atoms with van der Waals surface area (Å²) >= 11 is 6.62. The molecule has 3 rings (SSSR count). The number of carbonyl (C=O) groups excluding carboxylic acids is 1. The number of halogens is 2. The molecule has 1 atom stereocenters. The van der Waals surface area contributed by atoms with Gasteiger partial charge >= 0.3 is 0 Å². The molecule has 0 bridgehead atoms. The van der Waals surface area contributed by atoms with Gasteiger partial charge in [-0.2, -0.15) is 5.10 Å². The van der Waals surface area contributed by atoms with Crippen molar-refractivity contribution < 1.29 is 9.18 Å². The molecule has 1 aliphatic heterocycles. The zero-order valence-corrected chi connectivity index (χ0v) is 17.7. The van der Waals surface area contributed by atoms with Gasteiger partial charge in [0.05, 0.1) is 16.4 Å². The molecule has 0 aliphatic carbocycles. The van der Waals surface area contributed by atoms with Crippen molar-refractivity contribution in [2.75, 3.05) is 31.1 Å². The lowest BCUT2D eigenvalue weighted by Crippen LogP contribution is -2.49. The molecule has 0 saturated carbocycles. The topological polar surface area (TPSA) is 41.4 Å². The minimum atomic E-state index is -0.474. The van der Waals surface area contributed by atoms with Crippen LogP contribution in [0.5, 0.6) is 0 Å². The van der Waals surface area contributed by atoms with Crippen LogP contribution in [0.25, 0.3) is 0 Å². The van der Waals surface area contributed by atoms with Crippen molar-refractivity contribution >= 4 is 23.6 Å². The predicted octanol–water partition coefficient (Wildman–Crippen LogP) is 4.44. The fourth-order valence-corrected chi connectivity index (χ4v) is 4.29. The highest BCUT2D eigenvalue weighted by molar-refractivity contribution is 6.32. The lowest BCUT2D eigenvalue weighted by atomic mass is 10.1. The van der Waals surface area contributed by atoms with Crippen LogP contribution >= 0.6 is 11.6 Å². The summed E-state index contributed by atoms with van der Waals surface area (Å²) in [7, 11) is 0. The molecule has 1 aromatic carbocycles. The standard InChI is InChI=1S/C21H28ClFN4O/c1-14(2)20-19(22)21(15(3)4)27(24-20)18(13-28)26-11-9-25(10-12-26)17-7-5-16(23)6-8-17/h5-8,13-15,18H,9-12H2,1-4H3. The minimum Gasteiger partial charge on any atom is -0.369 e. The summed E-state index contributed by atoms with van der Waals surface area (Å²) in [6.45, 7) is 11.2. The Balaban J connectivity index is 1.81. The number of benzene rings is 1. The predicted molar refractivity (Wildman–Crippen MR) is 111 cm³/mol. The Hall–Kier alpha value is -1.92. The third kappa shape index (κ3) is 4.08. The number of aldehydes is 1. The van der Waals surface area contributed by atoms with Crippen molar-refractivity contribution in [1.82, 2.24) is 14.7 Å². The maximum Gasteiger partial charge on any atom is 0.160 e. The second-order valence-electron chi connectivity index (χ2n) is 7.89. The molecule has 0 N–H and O–H groups in total. The SMILES string of the molecule is CC(C)c1nn(C(C=O)N2CCN(c3ccc(F)cc3)CC2)c(C(C)C)c1Cl. The van der Waals surface area contributed by atoms with Crippen molar-refractivity contribution in [3.05, 3.63) is 46.5 Å². The van der Waals surface area contributed by atoms with Crippen molar-refractivity contribution in [2.24, 2.45) is 0 Å². The summed E-state index contributed by atoms with van der Waals surface area (Å²) in [5.74, 6) is 0.116. The van der Waals surface area contributed by atoms with Gasteiger partial charge < -0.3 is 4.90 Å². The quantitative estimate of drug-likeness (QED) is 0.665. The van der Waals surface area contributed by atoms with Gasteiger partial charge in [-0.15, -0.1) is 0 Å². The number of hydrogen-bond donors (Lipinski definition) is 0. The second kappa shape index (κ2) is 8.62. The summed E-state index contributed by atoms with van der Waals surface area (Å²) in [6.07, 6.45) is 0.477. The van der Waals surface area contributed by atoms with Crippen LogP contribution in [0.15, 0.2) is 24.3 Å². The molecular formula is C21H28ClFN4O. The van der Waals surface area contributed by atoms with E-state index in [-0.39, 0.29) is 17.7 Å². The molecule has 7 heteroatoms. The third-order valence-corrected chi connectivity index (χ3v) is 5.65. The molecule has 152 valence electrons. The fourth-order valence-electron chi connectivity index (χ4n) is 3.73. The minimum absolute atomic E-state index is 0.162. The van der Waals surface area contributed by atoms with E-state index in [1.807, 2.05) is 4.68 Å². The van der Waals surface area contributed by atoms with E-state index in [9.17, 15) is 9.18 Å². The number of aromatic nitrogens is 2. The largest absolute Gasteiger partial charge is 0.369 e. The van der Waals surface area contributed by atoms with Crippen LogP contribution in [0.3, 0.4) is 0 Å². The smallest absolute Gasteiger partial charge is 0.160 e. The average Bonchev–Trinajstić information content (AvgIpc) is 3.01. The van der Waals surface area contributed by atoms with E-state index >= 15 is 0 Å². The van der Waals surface area contributed by atoms with Gasteiger partial charge in [-0.3, -0.25) is 9.69 Å². The molecule has 1 aromatic heterocycles. The molecule has 0 radical (unpaired) electrons. The fraction of sp³-hybridized carbons (Fsp3) is 0.524. The van der Waals surface area contributed by atoms with Crippen LogP contribution in [-0.4, -0.2) is 47.1 Å². The molecule has 5 nitrogen and oxygen atoms in total. The summed E-state index contributed by atoms with van der Waals surface area (Å²) in [5, 5.41) is 5.39. The first-order valence-electron chi connectivity index (χ1n) is 9.81. The van der Waals surface area contributed by atoms with Crippen LogP contribution in [0, 0.1) is 5.82 Å². The van der Waals surface area contributed by atoms with Crippen LogP contribution < -0.4 is 4.90 Å². The van der Waals surface area contributed by atoms with E-state index in [0.717, 1.165) is 36.5 Å². The highest BCUT2D eigenvalue weighted by atomic mass is 35.5. The van der Waals surface area contributed by atoms with E-state index in [1.54, 1.807) is 12.1 Å². The number of anilines is 1. The number of hydrogen-bond acceptors (Lipinski definition) is 4. The van der Waals surface area contributed by atoms with E-state index in [2.05, 4.69) is 37.5 Å². The van der Waals surface area contributed by atoms with Gasteiger partial charge in [0.15, 0.2) is 12.5 Å². The Bertz CT molecular complexity index is 811. The van der Waals surface area contributed by atoms with Gasteiger partial charge in [-0.05, 0) is 36.1 Å². The second-order valence-corrected chi connectivity index (χ2v) is 8.27. The maximum atomic E-state index is 13.2. The number of carbonyl (C=O) groups is 1. The molecule has 1 aliphatic rings. The van der Waals surface area contributed by atoms with Gasteiger partial charge in [0.1, 0.15) is 5.82 Å². The molecule has 2 aromatic rings. The van der Waals surface area contributed by atoms with Gasteiger partial charge in [0.25, 0.3) is 0 Å². The first kappa shape index (κ1) is 20.8. The molecular weight excluding hydrogens is 379 g/mol.